The quantitative estimate of drug-likeness (QED) is 0.319. The van der Waals surface area contributed by atoms with E-state index in [1.54, 1.807) is 6.07 Å². The Morgan fingerprint density at radius 3 is 2.19 bits per heavy atom. The fourth-order valence-electron chi connectivity index (χ4n) is 5.01. The second-order valence-corrected chi connectivity index (χ2v) is 9.53. The SMILES string of the molecule is CCCCCCC[C@H]1CC[C@H](c2ccc(-c3ncc(CCCCC)cn3)cc2F)CC1. The molecule has 0 radical (unpaired) electrons. The highest BCUT2D eigenvalue weighted by Crippen LogP contribution is 2.39. The molecule has 1 aliphatic rings. The molecule has 0 unspecified atom stereocenters. The molecule has 2 nitrogen and oxygen atoms in total. The second kappa shape index (κ2) is 12.9. The maximum absolute atomic E-state index is 15.0. The van der Waals surface area contributed by atoms with Gasteiger partial charge in [-0.2, -0.15) is 0 Å². The number of aryl methyl sites for hydroxylation is 1. The van der Waals surface area contributed by atoms with Gasteiger partial charge in [0, 0.05) is 18.0 Å². The van der Waals surface area contributed by atoms with Gasteiger partial charge in [-0.15, -0.1) is 0 Å². The minimum atomic E-state index is -0.0869. The highest BCUT2D eigenvalue weighted by molar-refractivity contribution is 5.55. The van der Waals surface area contributed by atoms with Gasteiger partial charge in [0.05, 0.1) is 0 Å². The van der Waals surface area contributed by atoms with Crippen LogP contribution in [-0.2, 0) is 6.42 Å². The molecular weight excluding hydrogens is 383 g/mol. The lowest BCUT2D eigenvalue weighted by molar-refractivity contribution is 0.298. The van der Waals surface area contributed by atoms with Crippen LogP contribution in [0.25, 0.3) is 11.4 Å². The van der Waals surface area contributed by atoms with E-state index in [0.29, 0.717) is 11.7 Å². The van der Waals surface area contributed by atoms with E-state index in [-0.39, 0.29) is 5.82 Å². The van der Waals surface area contributed by atoms with Crippen molar-refractivity contribution in [1.82, 2.24) is 9.97 Å². The van der Waals surface area contributed by atoms with E-state index in [1.165, 1.54) is 70.6 Å². The van der Waals surface area contributed by atoms with Gasteiger partial charge in [0.1, 0.15) is 5.82 Å². The van der Waals surface area contributed by atoms with Crippen LogP contribution in [0.4, 0.5) is 4.39 Å². The van der Waals surface area contributed by atoms with Crippen molar-refractivity contribution in [3.8, 4) is 11.4 Å². The van der Waals surface area contributed by atoms with Crippen molar-refractivity contribution in [3.05, 3.63) is 47.5 Å². The standard InChI is InChI=1S/C28H41FN2/c1-3-5-7-8-10-11-22-13-15-24(16-14-22)26-18-17-25(19-27(26)29)28-30-20-23(21-31-28)12-9-6-4-2/h17-22,24H,3-16H2,1-2H3/t22-,24-. The summed E-state index contributed by atoms with van der Waals surface area (Å²) in [4.78, 5) is 8.98. The predicted molar refractivity (Wildman–Crippen MR) is 129 cm³/mol. The van der Waals surface area contributed by atoms with Gasteiger partial charge in [-0.25, -0.2) is 14.4 Å². The topological polar surface area (TPSA) is 25.8 Å². The molecule has 1 aliphatic carbocycles. The number of aromatic nitrogens is 2. The van der Waals surface area contributed by atoms with E-state index in [4.69, 9.17) is 0 Å². The fraction of sp³-hybridized carbons (Fsp3) is 0.643. The third-order valence-electron chi connectivity index (χ3n) is 7.04. The minimum Gasteiger partial charge on any atom is -0.236 e. The Morgan fingerprint density at radius 1 is 0.839 bits per heavy atom. The van der Waals surface area contributed by atoms with Crippen molar-refractivity contribution in [3.63, 3.8) is 0 Å². The molecule has 0 bridgehead atoms. The van der Waals surface area contributed by atoms with E-state index in [0.717, 1.165) is 41.9 Å². The maximum atomic E-state index is 15.0. The van der Waals surface area contributed by atoms with Gasteiger partial charge in [-0.1, -0.05) is 77.3 Å². The van der Waals surface area contributed by atoms with Crippen molar-refractivity contribution in [2.24, 2.45) is 5.92 Å². The summed E-state index contributed by atoms with van der Waals surface area (Å²) in [5.41, 5.74) is 2.83. The molecule has 3 rings (SSSR count). The highest BCUT2D eigenvalue weighted by atomic mass is 19.1. The molecule has 1 aromatic carbocycles. The number of hydrogen-bond acceptors (Lipinski definition) is 2. The summed E-state index contributed by atoms with van der Waals surface area (Å²) in [6.45, 7) is 4.48. The smallest absolute Gasteiger partial charge is 0.159 e. The van der Waals surface area contributed by atoms with Gasteiger partial charge in [0.25, 0.3) is 0 Å². The zero-order chi connectivity index (χ0) is 21.9. The van der Waals surface area contributed by atoms with E-state index in [1.807, 2.05) is 24.5 Å². The van der Waals surface area contributed by atoms with Gasteiger partial charge >= 0.3 is 0 Å². The van der Waals surface area contributed by atoms with Crippen LogP contribution in [0.3, 0.4) is 0 Å². The van der Waals surface area contributed by atoms with Crippen LogP contribution < -0.4 is 0 Å². The van der Waals surface area contributed by atoms with Crippen LogP contribution in [0.2, 0.25) is 0 Å². The van der Waals surface area contributed by atoms with Crippen LogP contribution in [-0.4, -0.2) is 9.97 Å². The average Bonchev–Trinajstić information content (AvgIpc) is 2.80. The zero-order valence-electron chi connectivity index (χ0n) is 19.7. The molecule has 170 valence electrons. The van der Waals surface area contributed by atoms with E-state index < -0.39 is 0 Å². The molecule has 1 heterocycles. The average molecular weight is 425 g/mol. The molecule has 0 N–H and O–H groups in total. The van der Waals surface area contributed by atoms with Crippen LogP contribution >= 0.6 is 0 Å². The molecule has 1 saturated carbocycles. The fourth-order valence-corrected chi connectivity index (χ4v) is 5.01. The molecule has 31 heavy (non-hydrogen) atoms. The van der Waals surface area contributed by atoms with Gasteiger partial charge in [0.2, 0.25) is 0 Å². The van der Waals surface area contributed by atoms with Gasteiger partial charge < -0.3 is 0 Å². The van der Waals surface area contributed by atoms with Crippen molar-refractivity contribution < 1.29 is 4.39 Å². The van der Waals surface area contributed by atoms with Gasteiger partial charge in [-0.05, 0) is 67.6 Å². The lowest BCUT2D eigenvalue weighted by Crippen LogP contribution is -2.14. The van der Waals surface area contributed by atoms with Crippen LogP contribution in [0, 0.1) is 11.7 Å². The van der Waals surface area contributed by atoms with E-state index >= 15 is 0 Å². The number of rotatable bonds is 12. The van der Waals surface area contributed by atoms with Crippen LogP contribution in [0.5, 0.6) is 0 Å². The highest BCUT2D eigenvalue weighted by Gasteiger charge is 2.24. The molecule has 0 atom stereocenters. The number of nitrogens with zero attached hydrogens (tertiary/aromatic N) is 2. The van der Waals surface area contributed by atoms with E-state index in [9.17, 15) is 4.39 Å². The molecular formula is C28H41FN2. The molecule has 2 aromatic rings. The van der Waals surface area contributed by atoms with Crippen LogP contribution in [0.1, 0.15) is 114 Å². The Morgan fingerprint density at radius 2 is 1.52 bits per heavy atom. The zero-order valence-corrected chi connectivity index (χ0v) is 19.7. The Bertz CT molecular complexity index is 763. The summed E-state index contributed by atoms with van der Waals surface area (Å²) in [6.07, 6.45) is 21.4. The summed E-state index contributed by atoms with van der Waals surface area (Å²) in [5.74, 6) is 1.75. The first-order chi connectivity index (χ1) is 15.2. The molecule has 3 heteroatoms. The normalized spacial score (nSPS) is 18.9. The largest absolute Gasteiger partial charge is 0.236 e. The molecule has 0 aliphatic heterocycles. The molecule has 1 aromatic heterocycles. The second-order valence-electron chi connectivity index (χ2n) is 9.53. The first-order valence-corrected chi connectivity index (χ1v) is 12.8. The molecule has 0 spiro atoms. The van der Waals surface area contributed by atoms with E-state index in [2.05, 4.69) is 23.8 Å². The van der Waals surface area contributed by atoms with Crippen molar-refractivity contribution >= 4 is 0 Å². The maximum Gasteiger partial charge on any atom is 0.159 e. The predicted octanol–water partition coefficient (Wildman–Crippen LogP) is 8.65. The summed E-state index contributed by atoms with van der Waals surface area (Å²) in [6, 6.07) is 5.63. The first-order valence-electron chi connectivity index (χ1n) is 12.8. The Balaban J connectivity index is 1.51. The Labute approximate surface area is 189 Å². The monoisotopic (exact) mass is 424 g/mol. The summed E-state index contributed by atoms with van der Waals surface area (Å²) in [5, 5.41) is 0. The van der Waals surface area contributed by atoms with Gasteiger partial charge in [-0.3, -0.25) is 0 Å². The third kappa shape index (κ3) is 7.40. The van der Waals surface area contributed by atoms with Crippen molar-refractivity contribution in [1.29, 1.82) is 0 Å². The number of benzene rings is 1. The summed E-state index contributed by atoms with van der Waals surface area (Å²) >= 11 is 0. The number of unbranched alkanes of at least 4 members (excludes halogenated alkanes) is 6. The van der Waals surface area contributed by atoms with Crippen molar-refractivity contribution in [2.45, 2.75) is 110 Å². The van der Waals surface area contributed by atoms with Crippen LogP contribution in [0.15, 0.2) is 30.6 Å². The lowest BCUT2D eigenvalue weighted by atomic mass is 9.76. The lowest BCUT2D eigenvalue weighted by Gasteiger charge is -2.29. The van der Waals surface area contributed by atoms with Gasteiger partial charge in [0.15, 0.2) is 5.82 Å². The summed E-state index contributed by atoms with van der Waals surface area (Å²) < 4.78 is 15.0. The summed E-state index contributed by atoms with van der Waals surface area (Å²) in [7, 11) is 0. The molecule has 0 amide bonds. The van der Waals surface area contributed by atoms with Crippen molar-refractivity contribution in [2.75, 3.05) is 0 Å². The third-order valence-corrected chi connectivity index (χ3v) is 7.04. The number of hydrogen-bond donors (Lipinski definition) is 0. The first kappa shape index (κ1) is 23.9. The molecule has 0 saturated heterocycles. The number of halogens is 1. The Hall–Kier alpha value is -1.77. The minimum absolute atomic E-state index is 0.0869. The molecule has 1 fully saturated rings. The Kier molecular flexibility index (Phi) is 9.96.